The molecular weight excluding hydrogens is 390 g/mol. The van der Waals surface area contributed by atoms with Gasteiger partial charge in [-0.25, -0.2) is 4.98 Å². The van der Waals surface area contributed by atoms with Gasteiger partial charge in [0.25, 0.3) is 5.91 Å². The number of rotatable bonds is 4. The van der Waals surface area contributed by atoms with Gasteiger partial charge in [-0.15, -0.1) is 11.3 Å². The highest BCUT2D eigenvalue weighted by molar-refractivity contribution is 7.13. The van der Waals surface area contributed by atoms with Gasteiger partial charge in [0.15, 0.2) is 0 Å². The molecule has 0 radical (unpaired) electrons. The van der Waals surface area contributed by atoms with Crippen molar-refractivity contribution in [3.05, 3.63) is 102 Å². The predicted molar refractivity (Wildman–Crippen MR) is 123 cm³/mol. The van der Waals surface area contributed by atoms with E-state index in [0.717, 1.165) is 38.3 Å². The van der Waals surface area contributed by atoms with Crippen molar-refractivity contribution >= 4 is 33.7 Å². The maximum Gasteiger partial charge on any atom is 0.256 e. The number of aromatic nitrogens is 2. The van der Waals surface area contributed by atoms with Gasteiger partial charge in [0.05, 0.1) is 5.69 Å². The van der Waals surface area contributed by atoms with Gasteiger partial charge >= 0.3 is 0 Å². The molecule has 0 saturated heterocycles. The molecule has 0 atom stereocenters. The number of nitrogens with one attached hydrogen (secondary N) is 1. The minimum absolute atomic E-state index is 0.127. The molecular formula is C25H17N3OS. The Morgan fingerprint density at radius 1 is 0.867 bits per heavy atom. The first-order valence-corrected chi connectivity index (χ1v) is 10.4. The third-order valence-corrected chi connectivity index (χ3v) is 5.75. The number of nitrogens with zero attached hydrogens (tertiary/aromatic N) is 2. The van der Waals surface area contributed by atoms with Crippen LogP contribution in [0.25, 0.3) is 32.6 Å². The summed E-state index contributed by atoms with van der Waals surface area (Å²) in [6.45, 7) is 0. The minimum Gasteiger partial charge on any atom is -0.322 e. The van der Waals surface area contributed by atoms with Crippen LogP contribution in [0.2, 0.25) is 0 Å². The van der Waals surface area contributed by atoms with E-state index in [1.54, 1.807) is 17.5 Å². The Labute approximate surface area is 177 Å². The van der Waals surface area contributed by atoms with Gasteiger partial charge in [-0.2, -0.15) is 0 Å². The Morgan fingerprint density at radius 3 is 2.60 bits per heavy atom. The van der Waals surface area contributed by atoms with Crippen molar-refractivity contribution < 1.29 is 4.79 Å². The lowest BCUT2D eigenvalue weighted by Gasteiger charge is -2.09. The summed E-state index contributed by atoms with van der Waals surface area (Å²) < 4.78 is 0. The number of pyridine rings is 1. The van der Waals surface area contributed by atoms with Gasteiger partial charge in [-0.3, -0.25) is 9.78 Å². The summed E-state index contributed by atoms with van der Waals surface area (Å²) in [7, 11) is 0. The van der Waals surface area contributed by atoms with E-state index in [4.69, 9.17) is 4.98 Å². The lowest BCUT2D eigenvalue weighted by Crippen LogP contribution is -2.12. The molecule has 1 amide bonds. The zero-order chi connectivity index (χ0) is 20.3. The van der Waals surface area contributed by atoms with E-state index in [1.807, 2.05) is 90.4 Å². The number of thiazole rings is 1. The summed E-state index contributed by atoms with van der Waals surface area (Å²) in [6.07, 6.45) is 3.56. The molecule has 0 fully saturated rings. The number of fused-ring (bicyclic) bond motifs is 1. The summed E-state index contributed by atoms with van der Waals surface area (Å²) in [5.41, 5.74) is 4.22. The van der Waals surface area contributed by atoms with Crippen LogP contribution < -0.4 is 5.32 Å². The molecule has 5 rings (SSSR count). The summed E-state index contributed by atoms with van der Waals surface area (Å²) in [4.78, 5) is 21.8. The summed E-state index contributed by atoms with van der Waals surface area (Å²) in [5, 5.41) is 7.95. The summed E-state index contributed by atoms with van der Waals surface area (Å²) in [5.74, 6) is -0.127. The van der Waals surface area contributed by atoms with Gasteiger partial charge in [0, 0.05) is 40.2 Å². The van der Waals surface area contributed by atoms with Gasteiger partial charge in [0.2, 0.25) is 0 Å². The number of anilines is 1. The monoisotopic (exact) mass is 407 g/mol. The van der Waals surface area contributed by atoms with Crippen molar-refractivity contribution in [1.29, 1.82) is 0 Å². The van der Waals surface area contributed by atoms with Crippen molar-refractivity contribution in [3.8, 4) is 21.8 Å². The van der Waals surface area contributed by atoms with E-state index >= 15 is 0 Å². The van der Waals surface area contributed by atoms with E-state index in [-0.39, 0.29) is 5.91 Å². The Balaban J connectivity index is 1.42. The number of carbonyl (C=O) groups excluding carboxylic acids is 1. The summed E-state index contributed by atoms with van der Waals surface area (Å²) >= 11 is 1.58. The fourth-order valence-corrected chi connectivity index (χ4v) is 4.23. The molecule has 0 bridgehead atoms. The fraction of sp³-hybridized carbons (Fsp3) is 0. The number of carbonyl (C=O) groups is 1. The SMILES string of the molecule is O=C(Nc1cccc(-c2csc(-c3cccnc3)n2)c1)c1cccc2ccccc12. The topological polar surface area (TPSA) is 54.9 Å². The van der Waals surface area contributed by atoms with E-state index < -0.39 is 0 Å². The summed E-state index contributed by atoms with van der Waals surface area (Å²) in [6, 6.07) is 25.3. The molecule has 3 aromatic carbocycles. The van der Waals surface area contributed by atoms with Crippen LogP contribution in [0.4, 0.5) is 5.69 Å². The van der Waals surface area contributed by atoms with E-state index in [9.17, 15) is 4.79 Å². The van der Waals surface area contributed by atoms with Crippen LogP contribution in [-0.4, -0.2) is 15.9 Å². The molecule has 0 saturated carbocycles. The van der Waals surface area contributed by atoms with Gasteiger partial charge in [-0.1, -0.05) is 48.5 Å². The lowest BCUT2D eigenvalue weighted by molar-refractivity contribution is 0.102. The van der Waals surface area contributed by atoms with Gasteiger partial charge in [-0.05, 0) is 41.1 Å². The first-order chi connectivity index (χ1) is 14.8. The molecule has 30 heavy (non-hydrogen) atoms. The van der Waals surface area contributed by atoms with Crippen LogP contribution in [0.5, 0.6) is 0 Å². The van der Waals surface area contributed by atoms with Crippen molar-refractivity contribution in [3.63, 3.8) is 0 Å². The van der Waals surface area contributed by atoms with Gasteiger partial charge < -0.3 is 5.32 Å². The first-order valence-electron chi connectivity index (χ1n) is 9.53. The molecule has 0 unspecified atom stereocenters. The van der Waals surface area contributed by atoms with Crippen LogP contribution in [0, 0.1) is 0 Å². The molecule has 0 aliphatic rings. The van der Waals surface area contributed by atoms with Crippen LogP contribution in [0.1, 0.15) is 10.4 Å². The van der Waals surface area contributed by atoms with E-state index in [2.05, 4.69) is 10.3 Å². The highest BCUT2D eigenvalue weighted by Crippen LogP contribution is 2.30. The van der Waals surface area contributed by atoms with Crippen LogP contribution in [0.3, 0.4) is 0 Å². The second-order valence-corrected chi connectivity index (χ2v) is 7.70. The van der Waals surface area contributed by atoms with Crippen molar-refractivity contribution in [2.24, 2.45) is 0 Å². The van der Waals surface area contributed by atoms with Crippen molar-refractivity contribution in [2.45, 2.75) is 0 Å². The molecule has 0 spiro atoms. The average Bonchev–Trinajstić information content (AvgIpc) is 3.30. The number of benzene rings is 3. The maximum atomic E-state index is 12.9. The maximum absolute atomic E-state index is 12.9. The predicted octanol–water partition coefficient (Wildman–Crippen LogP) is 6.28. The Morgan fingerprint density at radius 2 is 1.70 bits per heavy atom. The highest BCUT2D eigenvalue weighted by atomic mass is 32.1. The smallest absolute Gasteiger partial charge is 0.256 e. The average molecular weight is 407 g/mol. The third-order valence-electron chi connectivity index (χ3n) is 4.86. The van der Waals surface area contributed by atoms with Crippen molar-refractivity contribution in [2.75, 3.05) is 5.32 Å². The molecule has 5 aromatic rings. The molecule has 2 aromatic heterocycles. The second kappa shape index (κ2) is 7.89. The molecule has 0 aliphatic heterocycles. The largest absolute Gasteiger partial charge is 0.322 e. The minimum atomic E-state index is -0.127. The molecule has 0 aliphatic carbocycles. The van der Waals surface area contributed by atoms with Crippen LogP contribution >= 0.6 is 11.3 Å². The van der Waals surface area contributed by atoms with Gasteiger partial charge in [0.1, 0.15) is 5.01 Å². The van der Waals surface area contributed by atoms with E-state index in [1.165, 1.54) is 0 Å². The van der Waals surface area contributed by atoms with Crippen LogP contribution in [-0.2, 0) is 0 Å². The standard InChI is InChI=1S/C25H17N3OS/c29-24(22-12-4-7-17-6-1-2-11-21(17)22)27-20-10-3-8-18(14-20)23-16-30-25(28-23)19-9-5-13-26-15-19/h1-16H,(H,27,29). The molecule has 2 heterocycles. The quantitative estimate of drug-likeness (QED) is 0.382. The van der Waals surface area contributed by atoms with E-state index in [0.29, 0.717) is 5.56 Å². The fourth-order valence-electron chi connectivity index (χ4n) is 3.41. The highest BCUT2D eigenvalue weighted by Gasteiger charge is 2.12. The molecule has 1 N–H and O–H groups in total. The zero-order valence-electron chi connectivity index (χ0n) is 15.9. The Bertz CT molecular complexity index is 1340. The number of amides is 1. The first kappa shape index (κ1) is 18.2. The lowest BCUT2D eigenvalue weighted by atomic mass is 10.0. The number of hydrogen-bond acceptors (Lipinski definition) is 4. The Hall–Kier alpha value is -3.83. The molecule has 5 heteroatoms. The number of hydrogen-bond donors (Lipinski definition) is 1. The van der Waals surface area contributed by atoms with Crippen LogP contribution in [0.15, 0.2) is 96.6 Å². The molecule has 144 valence electrons. The third kappa shape index (κ3) is 3.58. The zero-order valence-corrected chi connectivity index (χ0v) is 16.8. The molecule has 4 nitrogen and oxygen atoms in total. The van der Waals surface area contributed by atoms with Crippen molar-refractivity contribution in [1.82, 2.24) is 9.97 Å². The normalized spacial score (nSPS) is 10.8. The second-order valence-electron chi connectivity index (χ2n) is 6.84. The Kier molecular flexibility index (Phi) is 4.79.